The highest BCUT2D eigenvalue weighted by Crippen LogP contribution is 2.26. The summed E-state index contributed by atoms with van der Waals surface area (Å²) in [6.45, 7) is 3.46. The van der Waals surface area contributed by atoms with E-state index in [1.165, 1.54) is 154 Å². The molecule has 0 aliphatic carbocycles. The van der Waals surface area contributed by atoms with E-state index in [9.17, 15) is 38.2 Å². The highest BCUT2D eigenvalue weighted by molar-refractivity contribution is 7.80. The van der Waals surface area contributed by atoms with Crippen molar-refractivity contribution in [1.82, 2.24) is 5.32 Å². The Balaban J connectivity index is 2.40. The van der Waals surface area contributed by atoms with E-state index in [-0.39, 0.29) is 18.9 Å². The third kappa shape index (κ3) is 32.5. The molecule has 62 heavy (non-hydrogen) atoms. The van der Waals surface area contributed by atoms with Crippen molar-refractivity contribution >= 4 is 16.3 Å². The predicted octanol–water partition coefficient (Wildman–Crippen LogP) is 10.7. The minimum atomic E-state index is -5.08. The van der Waals surface area contributed by atoms with E-state index >= 15 is 0 Å². The Kier molecular flexibility index (Phi) is 38.1. The van der Waals surface area contributed by atoms with E-state index in [2.05, 4.69) is 35.5 Å². The van der Waals surface area contributed by atoms with Gasteiger partial charge < -0.3 is 35.2 Å². The molecule has 6 N–H and O–H groups in total. The first kappa shape index (κ1) is 58.9. The molecule has 13 heteroatoms. The second-order valence-corrected chi connectivity index (χ2v) is 19.2. The van der Waals surface area contributed by atoms with Crippen molar-refractivity contribution in [2.45, 2.75) is 281 Å². The maximum atomic E-state index is 13.1. The fourth-order valence-corrected chi connectivity index (χ4v) is 8.85. The van der Waals surface area contributed by atoms with Crippen molar-refractivity contribution < 1.29 is 51.8 Å². The average Bonchev–Trinajstić information content (AvgIpc) is 3.24. The lowest BCUT2D eigenvalue weighted by Crippen LogP contribution is -2.61. The van der Waals surface area contributed by atoms with Crippen LogP contribution in [0.25, 0.3) is 0 Å². The maximum Gasteiger partial charge on any atom is 0.397 e. The number of amides is 1. The van der Waals surface area contributed by atoms with Gasteiger partial charge in [-0.2, -0.15) is 8.42 Å². The zero-order chi connectivity index (χ0) is 45.5. The van der Waals surface area contributed by atoms with Crippen LogP contribution in [-0.2, 0) is 28.9 Å². The summed E-state index contributed by atoms with van der Waals surface area (Å²) in [4.78, 5) is 13.1. The molecule has 0 aromatic rings. The minimum absolute atomic E-state index is 0.232. The van der Waals surface area contributed by atoms with Crippen molar-refractivity contribution in [3.8, 4) is 0 Å². The Morgan fingerprint density at radius 1 is 0.629 bits per heavy atom. The van der Waals surface area contributed by atoms with Crippen LogP contribution in [0.5, 0.6) is 0 Å². The van der Waals surface area contributed by atoms with Gasteiger partial charge in [-0.05, 0) is 38.5 Å². The summed E-state index contributed by atoms with van der Waals surface area (Å²) in [6.07, 6.45) is 36.4. The summed E-state index contributed by atoms with van der Waals surface area (Å²) in [5, 5.41) is 44.9. The van der Waals surface area contributed by atoms with Gasteiger partial charge in [-0.25, -0.2) is 4.18 Å². The van der Waals surface area contributed by atoms with Crippen LogP contribution in [0, 0.1) is 0 Å². The monoisotopic (exact) mass is 906 g/mol. The summed E-state index contributed by atoms with van der Waals surface area (Å²) in [5.41, 5.74) is 0. The molecular weight excluding hydrogens is 811 g/mol. The number of aliphatic hydroxyl groups excluding tert-OH is 4. The molecule has 0 spiro atoms. The zero-order valence-corrected chi connectivity index (χ0v) is 40.3. The number of aliphatic hydroxyl groups is 4. The van der Waals surface area contributed by atoms with E-state index in [4.69, 9.17) is 9.47 Å². The van der Waals surface area contributed by atoms with Gasteiger partial charge in [0.2, 0.25) is 5.91 Å². The molecule has 0 aromatic heterocycles. The van der Waals surface area contributed by atoms with Crippen LogP contribution in [0.4, 0.5) is 0 Å². The van der Waals surface area contributed by atoms with Gasteiger partial charge in [0.05, 0.1) is 25.4 Å². The zero-order valence-electron chi connectivity index (χ0n) is 39.5. The number of carbonyl (C=O) groups is 1. The maximum absolute atomic E-state index is 13.1. The molecule has 7 atom stereocenters. The molecule has 0 bridgehead atoms. The highest BCUT2D eigenvalue weighted by Gasteiger charge is 2.48. The van der Waals surface area contributed by atoms with Gasteiger partial charge >= 0.3 is 10.4 Å². The lowest BCUT2D eigenvalue weighted by molar-refractivity contribution is -0.298. The molecular formula is C49H95NO11S. The quantitative estimate of drug-likeness (QED) is 0.0194. The van der Waals surface area contributed by atoms with E-state index in [0.29, 0.717) is 12.8 Å². The summed E-state index contributed by atoms with van der Waals surface area (Å²) in [5.74, 6) is -0.232. The Morgan fingerprint density at radius 3 is 1.45 bits per heavy atom. The molecule has 0 aromatic carbocycles. The van der Waals surface area contributed by atoms with Crippen molar-refractivity contribution in [2.75, 3.05) is 13.2 Å². The number of allylic oxidation sites excluding steroid dienone is 2. The first-order valence-electron chi connectivity index (χ1n) is 25.6. The lowest BCUT2D eigenvalue weighted by atomic mass is 9.99. The smallest absolute Gasteiger partial charge is 0.394 e. The fourth-order valence-electron chi connectivity index (χ4n) is 8.34. The predicted molar refractivity (Wildman–Crippen MR) is 250 cm³/mol. The molecule has 1 heterocycles. The topological polar surface area (TPSA) is 192 Å². The number of unbranched alkanes of at least 4 members (excludes halogenated alkanes) is 30. The number of carbonyl (C=O) groups excluding carboxylic acids is 1. The van der Waals surface area contributed by atoms with Crippen LogP contribution in [-0.4, -0.2) is 95.4 Å². The van der Waals surface area contributed by atoms with Crippen molar-refractivity contribution in [3.05, 3.63) is 12.2 Å². The molecule has 1 aliphatic heterocycles. The molecule has 0 saturated carbocycles. The highest BCUT2D eigenvalue weighted by atomic mass is 32.3. The number of ether oxygens (including phenoxy) is 2. The van der Waals surface area contributed by atoms with Gasteiger partial charge in [0, 0.05) is 6.42 Å². The molecule has 1 aliphatic rings. The summed E-state index contributed by atoms with van der Waals surface area (Å²) in [6, 6.07) is -0.857. The van der Waals surface area contributed by atoms with Crippen molar-refractivity contribution in [1.29, 1.82) is 0 Å². The first-order valence-corrected chi connectivity index (χ1v) is 26.9. The second-order valence-electron chi connectivity index (χ2n) is 18.1. The minimum Gasteiger partial charge on any atom is -0.394 e. The third-order valence-corrected chi connectivity index (χ3v) is 12.8. The largest absolute Gasteiger partial charge is 0.397 e. The molecule has 12 nitrogen and oxygen atoms in total. The first-order chi connectivity index (χ1) is 30.0. The normalized spacial score (nSPS) is 20.5. The van der Waals surface area contributed by atoms with Gasteiger partial charge in [0.1, 0.15) is 24.4 Å². The van der Waals surface area contributed by atoms with Gasteiger partial charge in [-0.15, -0.1) is 0 Å². The number of hydrogen-bond donors (Lipinski definition) is 6. The SMILES string of the molecule is CCCCCCCCCCCCC/C=C\CCCCCCCCCC(=O)NC(COC1OC(CO)C(O)C(OS(=O)(=O)O)C1O)C(O)CCCCCCCCCCCCCCC. The van der Waals surface area contributed by atoms with Crippen LogP contribution < -0.4 is 5.32 Å². The fraction of sp³-hybridized carbons (Fsp3) is 0.939. The molecule has 368 valence electrons. The Morgan fingerprint density at radius 2 is 1.03 bits per heavy atom. The van der Waals surface area contributed by atoms with Gasteiger partial charge in [0.15, 0.2) is 6.29 Å². The van der Waals surface area contributed by atoms with E-state index in [1.807, 2.05) is 0 Å². The standard InChI is InChI=1S/C49H95NO11S/c1-3-5-7-9-11-13-15-17-18-19-20-21-22-23-24-25-27-29-31-33-35-37-39-45(53)50-42(43(52)38-36-34-32-30-28-26-16-14-12-10-8-6-4-2)41-59-49-47(55)48(61-62(56,57)58)46(54)44(40-51)60-49/h22-23,42-44,46-49,51-52,54-55H,3-21,24-41H2,1-2H3,(H,50,53)(H,56,57,58)/b23-22-. The molecule has 7 unspecified atom stereocenters. The third-order valence-electron chi connectivity index (χ3n) is 12.3. The van der Waals surface area contributed by atoms with Gasteiger partial charge in [-0.3, -0.25) is 9.35 Å². The molecule has 0 radical (unpaired) electrons. The van der Waals surface area contributed by atoms with Crippen LogP contribution >= 0.6 is 0 Å². The van der Waals surface area contributed by atoms with Gasteiger partial charge in [0.25, 0.3) is 0 Å². The van der Waals surface area contributed by atoms with E-state index in [0.717, 1.165) is 51.4 Å². The number of hydrogen-bond acceptors (Lipinski definition) is 10. The summed E-state index contributed by atoms with van der Waals surface area (Å²) >= 11 is 0. The summed E-state index contributed by atoms with van der Waals surface area (Å²) in [7, 11) is -5.08. The van der Waals surface area contributed by atoms with Crippen LogP contribution in [0.3, 0.4) is 0 Å². The molecule has 1 amide bonds. The van der Waals surface area contributed by atoms with E-state index < -0.39 is 59.9 Å². The van der Waals surface area contributed by atoms with E-state index in [1.54, 1.807) is 0 Å². The molecule has 1 saturated heterocycles. The second kappa shape index (κ2) is 40.1. The number of nitrogens with one attached hydrogen (secondary N) is 1. The van der Waals surface area contributed by atoms with Crippen molar-refractivity contribution in [2.24, 2.45) is 0 Å². The lowest BCUT2D eigenvalue weighted by Gasteiger charge is -2.41. The van der Waals surface area contributed by atoms with Crippen LogP contribution in [0.1, 0.15) is 239 Å². The van der Waals surface area contributed by atoms with Crippen LogP contribution in [0.15, 0.2) is 12.2 Å². The Labute approximate surface area is 379 Å². The van der Waals surface area contributed by atoms with Crippen LogP contribution in [0.2, 0.25) is 0 Å². The number of rotatable bonds is 44. The average molecular weight is 906 g/mol. The Hall–Kier alpha value is -1.16. The Bertz CT molecular complexity index is 1160. The molecule has 1 rings (SSSR count). The van der Waals surface area contributed by atoms with Gasteiger partial charge in [-0.1, -0.05) is 206 Å². The van der Waals surface area contributed by atoms with Crippen molar-refractivity contribution in [3.63, 3.8) is 0 Å². The molecule has 1 fully saturated rings. The summed E-state index contributed by atoms with van der Waals surface area (Å²) < 4.78 is 47.7.